The molecule has 28 heteroatoms. The van der Waals surface area contributed by atoms with E-state index < -0.39 is 32.1 Å². The average molecular weight is 1460 g/mol. The van der Waals surface area contributed by atoms with E-state index in [4.69, 9.17) is 63.0 Å². The Morgan fingerprint density at radius 3 is 1.39 bits per heavy atom. The second-order valence-electron chi connectivity index (χ2n) is 24.8. The lowest BCUT2D eigenvalue weighted by Gasteiger charge is -2.44. The number of carboxylic acid groups (broad SMARTS) is 1. The third-order valence-corrected chi connectivity index (χ3v) is 24.4. The maximum absolute atomic E-state index is 13.3. The van der Waals surface area contributed by atoms with Crippen LogP contribution in [0.15, 0.2) is 91.8 Å². The molecule has 9 aromatic rings. The van der Waals surface area contributed by atoms with Crippen LogP contribution in [-0.4, -0.2) is 167 Å². The van der Waals surface area contributed by atoms with Crippen molar-refractivity contribution in [2.24, 2.45) is 11.8 Å². The fourth-order valence-corrected chi connectivity index (χ4v) is 19.9. The van der Waals surface area contributed by atoms with Gasteiger partial charge < -0.3 is 62.7 Å². The van der Waals surface area contributed by atoms with Crippen molar-refractivity contribution >= 4 is 87.9 Å². The van der Waals surface area contributed by atoms with Crippen molar-refractivity contribution in [3.05, 3.63) is 106 Å². The summed E-state index contributed by atoms with van der Waals surface area (Å²) < 4.78 is 73.0. The van der Waals surface area contributed by atoms with Gasteiger partial charge in [0.1, 0.15) is 22.2 Å². The number of likely N-dealkylation sites (tertiary alicyclic amines) is 1. The van der Waals surface area contributed by atoms with Gasteiger partial charge in [0.05, 0.1) is 93.0 Å². The Morgan fingerprint density at radius 2 is 1.01 bits per heavy atom. The van der Waals surface area contributed by atoms with Crippen LogP contribution in [-0.2, 0) is 9.53 Å². The Labute approximate surface area is 568 Å². The number of nitrogens with zero attached hydrogens (tertiary/aromatic N) is 8. The van der Waals surface area contributed by atoms with E-state index in [1.54, 1.807) is 78.4 Å². The number of aromatic nitrogens is 9. The summed E-state index contributed by atoms with van der Waals surface area (Å²) in [5, 5.41) is 10.4. The van der Waals surface area contributed by atoms with Gasteiger partial charge in [-0.3, -0.25) is 9.59 Å². The first kappa shape index (κ1) is 72.9. The average Bonchev–Trinajstić information content (AvgIpc) is 1.51. The number of aromatic amines is 2. The number of amides is 1. The molecule has 1 amide bonds. The smallest absolute Gasteiger partial charge is 0.490 e. The Hall–Kier alpha value is -8.90. The van der Waals surface area contributed by atoms with E-state index in [2.05, 4.69) is 99.8 Å². The predicted octanol–water partition coefficient (Wildman–Crippen LogP) is 13.9. The molecule has 2 atom stereocenters. The van der Waals surface area contributed by atoms with Crippen LogP contribution in [0.4, 0.5) is 18.0 Å². The van der Waals surface area contributed by atoms with E-state index in [1.165, 1.54) is 0 Å². The Bertz CT molecular complexity index is 4240. The molecule has 0 aliphatic carbocycles. The van der Waals surface area contributed by atoms with E-state index in [0.717, 1.165) is 50.1 Å². The molecular formula is C68H81F3IN11O12Si. The maximum Gasteiger partial charge on any atom is 0.490 e. The fourth-order valence-electron chi connectivity index (χ4n) is 12.4. The number of H-pyrrole nitrogens is 2. The number of methoxy groups -OCH3 is 6. The summed E-state index contributed by atoms with van der Waals surface area (Å²) in [7, 11) is 7.73. The number of hydrogen-bond donors (Lipinski definition) is 4. The van der Waals surface area contributed by atoms with Gasteiger partial charge in [0.2, 0.25) is 0 Å². The summed E-state index contributed by atoms with van der Waals surface area (Å²) in [6.07, 6.45) is 6.81. The highest BCUT2D eigenvalue weighted by atomic mass is 127. The Balaban J connectivity index is 0.000000176. The van der Waals surface area contributed by atoms with E-state index >= 15 is 0 Å². The Kier molecular flexibility index (Phi) is 23.5. The molecule has 23 nitrogen and oxygen atoms in total. The number of aliphatic carboxylic acids is 1. The largest absolute Gasteiger partial charge is 0.493 e. The molecule has 0 spiro atoms. The summed E-state index contributed by atoms with van der Waals surface area (Å²) in [5.74, 6) is 0.833. The monoisotopic (exact) mass is 1460 g/mol. The van der Waals surface area contributed by atoms with Crippen molar-refractivity contribution in [1.29, 1.82) is 0 Å². The van der Waals surface area contributed by atoms with Crippen LogP contribution in [0.25, 0.3) is 67.3 Å². The molecule has 3 aromatic carbocycles. The van der Waals surface area contributed by atoms with Crippen molar-refractivity contribution in [3.8, 4) is 68.3 Å². The van der Waals surface area contributed by atoms with Gasteiger partial charge >= 0.3 is 18.2 Å². The van der Waals surface area contributed by atoms with Gasteiger partial charge in [0, 0.05) is 66.8 Å². The molecule has 2 unspecified atom stereocenters. The normalized spacial score (nSPS) is 14.8. The second-order valence-corrected chi connectivity index (χ2v) is 31.7. The molecule has 2 fully saturated rings. The summed E-state index contributed by atoms with van der Waals surface area (Å²) in [6, 6.07) is 16.9. The lowest BCUT2D eigenvalue weighted by Crippen LogP contribution is -2.51. The van der Waals surface area contributed by atoms with Gasteiger partial charge in [-0.15, -0.1) is 0 Å². The minimum Gasteiger partial charge on any atom is -0.493 e. The molecule has 2 aliphatic rings. The van der Waals surface area contributed by atoms with Gasteiger partial charge in [-0.25, -0.2) is 39.5 Å². The number of fused-ring (bicyclic) bond motifs is 3. The number of halogens is 4. The van der Waals surface area contributed by atoms with Crippen LogP contribution < -0.4 is 33.7 Å². The number of benzene rings is 3. The molecule has 0 radical (unpaired) electrons. The first-order valence-electron chi connectivity index (χ1n) is 31.0. The van der Waals surface area contributed by atoms with E-state index in [1.807, 2.05) is 75.5 Å². The van der Waals surface area contributed by atoms with Crippen LogP contribution >= 0.6 is 22.6 Å². The van der Waals surface area contributed by atoms with E-state index in [-0.39, 0.29) is 23.4 Å². The van der Waals surface area contributed by atoms with Crippen molar-refractivity contribution < 1.29 is 70.6 Å². The predicted molar refractivity (Wildman–Crippen MR) is 369 cm³/mol. The maximum atomic E-state index is 13.3. The molecule has 0 bridgehead atoms. The molecule has 96 heavy (non-hydrogen) atoms. The number of nitrogens with one attached hydrogen (secondary N) is 3. The molecule has 512 valence electrons. The fraction of sp³-hybridized carbons (Fsp3) is 0.412. The number of carbonyl (C=O) groups excluding carboxylic acids is 3. The molecule has 4 N–H and O–H groups in total. The van der Waals surface area contributed by atoms with Crippen molar-refractivity contribution in [3.63, 3.8) is 0 Å². The molecule has 6 aromatic heterocycles. The van der Waals surface area contributed by atoms with Crippen molar-refractivity contribution in [1.82, 2.24) is 54.3 Å². The molecule has 11 rings (SSSR count). The quantitative estimate of drug-likeness (QED) is 0.0374. The second kappa shape index (κ2) is 30.9. The van der Waals surface area contributed by atoms with Crippen LogP contribution in [0.5, 0.6) is 34.5 Å². The highest BCUT2D eigenvalue weighted by molar-refractivity contribution is 14.1. The van der Waals surface area contributed by atoms with Crippen LogP contribution in [0.1, 0.15) is 95.9 Å². The zero-order chi connectivity index (χ0) is 70.1. The minimum atomic E-state index is -5.08. The third kappa shape index (κ3) is 16.0. The van der Waals surface area contributed by atoms with Crippen molar-refractivity contribution in [2.45, 2.75) is 104 Å². The molecule has 0 saturated carbocycles. The first-order chi connectivity index (χ1) is 45.5. The number of ketones is 2. The third-order valence-electron chi connectivity index (χ3n) is 16.9. The van der Waals surface area contributed by atoms with Gasteiger partial charge in [-0.05, 0) is 134 Å². The van der Waals surface area contributed by atoms with Gasteiger partial charge in [-0.1, -0.05) is 41.5 Å². The van der Waals surface area contributed by atoms with Crippen molar-refractivity contribution in [2.75, 3.05) is 68.8 Å². The number of hydrogen-bond acceptors (Lipinski definition) is 18. The standard InChI is InChI=1S/C24H28N4O5.C23H32IN3O2Si.C19H20N4O3.C2HF3O2/c1-24(2,3)33-23(30)28-9-8-15(13-28)21(29)16-11-25-22-20(16)27-17(12-26-22)14-6-7-18(31-4)19(10-14)32-5;1-14(2)30(15(3)4,16(5)6)27-13-18(24)22-23(27)25-12-19(26-22)17-9-10-20(28-7)21(11-17)29-8;1-25-15-4-3-11(7-16(15)26-2)14-10-22-19-17(23-14)13(9-21-19)18(24)12-5-6-20-8-12;3-2(4,5)1(6)7/h6-7,10-12,15H,8-9,13H2,1-5H3,(H,25,26);9-16H,1-8H3;3-4,7,9-10,12,20H,5-6,8H2,1-2H3,(H,21,22);(H,6,7). The number of alkyl halides is 3. The summed E-state index contributed by atoms with van der Waals surface area (Å²) >= 11 is 2.40. The number of carbonyl (C=O) groups is 4. The van der Waals surface area contributed by atoms with Crippen LogP contribution in [0, 0.1) is 15.4 Å². The van der Waals surface area contributed by atoms with E-state index in [0.29, 0.717) is 122 Å². The zero-order valence-electron chi connectivity index (χ0n) is 56.3. The SMILES string of the molecule is COc1ccc(-c2cnc3[nH]cc(C(=O)C4CCN(C(=O)OC(C)(C)C)C4)c3n2)cc1OC.COc1ccc(-c2cnc3[nH]cc(C(=O)C4CCNC4)c3n2)cc1OC.COc1ccc(-c2cnc3c(n2)c(I)cn3[Si](C(C)C)(C(C)C)C(C)C)cc1OC.O=C(O)C(F)(F)F. The van der Waals surface area contributed by atoms with Gasteiger partial charge in [-0.2, -0.15) is 13.2 Å². The topological polar surface area (TPSA) is 282 Å². The Morgan fingerprint density at radius 1 is 0.604 bits per heavy atom. The lowest BCUT2D eigenvalue weighted by atomic mass is 9.98. The van der Waals surface area contributed by atoms with Crippen LogP contribution in [0.3, 0.4) is 0 Å². The summed E-state index contributed by atoms with van der Waals surface area (Å²) in [5.41, 5.74) is 11.2. The number of ether oxygens (including phenoxy) is 7. The molecule has 2 aliphatic heterocycles. The number of carboxylic acids is 1. The molecular weight excluding hydrogens is 1370 g/mol. The lowest BCUT2D eigenvalue weighted by molar-refractivity contribution is -0.192. The van der Waals surface area contributed by atoms with Crippen LogP contribution in [0.2, 0.25) is 16.6 Å². The van der Waals surface area contributed by atoms with E-state index in [9.17, 15) is 27.6 Å². The van der Waals surface area contributed by atoms with Gasteiger partial charge in [0.15, 0.2) is 71.2 Å². The molecule has 8 heterocycles. The highest BCUT2D eigenvalue weighted by Crippen LogP contribution is 2.45. The molecule has 2 saturated heterocycles. The number of Topliss-reactive ketones (excluding diaryl/α,β-unsaturated/α-hetero) is 2. The highest BCUT2D eigenvalue weighted by Gasteiger charge is 2.47. The van der Waals surface area contributed by atoms with Gasteiger partial charge in [0.25, 0.3) is 0 Å². The zero-order valence-corrected chi connectivity index (χ0v) is 59.5. The summed E-state index contributed by atoms with van der Waals surface area (Å²) in [6.45, 7) is 22.1. The number of rotatable bonds is 17. The minimum absolute atomic E-state index is 0.000497. The first-order valence-corrected chi connectivity index (χ1v) is 34.3. The summed E-state index contributed by atoms with van der Waals surface area (Å²) in [4.78, 5) is 83.3.